The molecular weight excluding hydrogens is 277 g/mol. The zero-order chi connectivity index (χ0) is 12.0. The lowest BCUT2D eigenvalue weighted by Crippen LogP contribution is -2.08. The van der Waals surface area contributed by atoms with Gasteiger partial charge in [-0.25, -0.2) is 4.39 Å². The standard InChI is InChI=1S/C11H15BrFNO2/c1-2-3-15-4-5-16-11-7-9(13)8(12)6-10(11)14/h6-7H,2-5,14H2,1H3. The third kappa shape index (κ3) is 3.98. The first-order valence-electron chi connectivity index (χ1n) is 5.10. The van der Waals surface area contributed by atoms with Gasteiger partial charge in [-0.3, -0.25) is 0 Å². The van der Waals surface area contributed by atoms with Crippen LogP contribution in [0.2, 0.25) is 0 Å². The molecule has 0 amide bonds. The largest absolute Gasteiger partial charge is 0.489 e. The number of hydrogen-bond donors (Lipinski definition) is 1. The zero-order valence-electron chi connectivity index (χ0n) is 9.13. The molecule has 0 saturated carbocycles. The second-order valence-electron chi connectivity index (χ2n) is 3.26. The Morgan fingerprint density at radius 1 is 1.31 bits per heavy atom. The van der Waals surface area contributed by atoms with Crippen LogP contribution in [0.5, 0.6) is 5.75 Å². The molecule has 16 heavy (non-hydrogen) atoms. The molecule has 0 aliphatic rings. The number of nitrogen functional groups attached to an aromatic ring is 1. The molecule has 0 aromatic heterocycles. The molecular formula is C11H15BrFNO2. The van der Waals surface area contributed by atoms with Crippen LogP contribution in [-0.2, 0) is 4.74 Å². The van der Waals surface area contributed by atoms with Crippen molar-refractivity contribution >= 4 is 21.6 Å². The predicted octanol–water partition coefficient (Wildman–Crippen LogP) is 2.98. The smallest absolute Gasteiger partial charge is 0.145 e. The van der Waals surface area contributed by atoms with Crippen LogP contribution in [0.4, 0.5) is 10.1 Å². The molecule has 0 heterocycles. The van der Waals surface area contributed by atoms with Gasteiger partial charge in [0.05, 0.1) is 16.8 Å². The average Bonchev–Trinajstić information content (AvgIpc) is 2.25. The van der Waals surface area contributed by atoms with Gasteiger partial charge in [0.1, 0.15) is 18.2 Å². The van der Waals surface area contributed by atoms with Gasteiger partial charge in [0, 0.05) is 12.7 Å². The van der Waals surface area contributed by atoms with Gasteiger partial charge in [-0.05, 0) is 28.4 Å². The first-order valence-corrected chi connectivity index (χ1v) is 5.89. The van der Waals surface area contributed by atoms with Crippen molar-refractivity contribution in [2.75, 3.05) is 25.6 Å². The van der Waals surface area contributed by atoms with E-state index in [1.165, 1.54) is 12.1 Å². The summed E-state index contributed by atoms with van der Waals surface area (Å²) in [4.78, 5) is 0. The minimum Gasteiger partial charge on any atom is -0.489 e. The maximum Gasteiger partial charge on any atom is 0.145 e. The first-order chi connectivity index (χ1) is 7.65. The summed E-state index contributed by atoms with van der Waals surface area (Å²) in [6.45, 7) is 3.58. The Balaban J connectivity index is 2.45. The number of halogens is 2. The minimum atomic E-state index is -0.390. The summed E-state index contributed by atoms with van der Waals surface area (Å²) in [5.41, 5.74) is 6.07. The van der Waals surface area contributed by atoms with Crippen molar-refractivity contribution in [3.05, 3.63) is 22.4 Å². The van der Waals surface area contributed by atoms with Crippen LogP contribution in [0, 0.1) is 5.82 Å². The molecule has 1 aromatic rings. The SMILES string of the molecule is CCCOCCOc1cc(F)c(Br)cc1N. The molecule has 0 spiro atoms. The summed E-state index contributed by atoms with van der Waals surface area (Å²) in [5, 5.41) is 0. The summed E-state index contributed by atoms with van der Waals surface area (Å²) in [5.74, 6) is -0.0422. The van der Waals surface area contributed by atoms with Crippen LogP contribution in [0.3, 0.4) is 0 Å². The summed E-state index contributed by atoms with van der Waals surface area (Å²) >= 11 is 3.05. The van der Waals surface area contributed by atoms with Crippen LogP contribution >= 0.6 is 15.9 Å². The summed E-state index contributed by atoms with van der Waals surface area (Å²) in [6.07, 6.45) is 0.967. The fourth-order valence-electron chi connectivity index (χ4n) is 1.13. The number of hydrogen-bond acceptors (Lipinski definition) is 3. The highest BCUT2D eigenvalue weighted by atomic mass is 79.9. The second kappa shape index (κ2) is 6.70. The van der Waals surface area contributed by atoms with E-state index in [4.69, 9.17) is 15.2 Å². The van der Waals surface area contributed by atoms with Gasteiger partial charge in [-0.2, -0.15) is 0 Å². The van der Waals surface area contributed by atoms with E-state index >= 15 is 0 Å². The average molecular weight is 292 g/mol. The normalized spacial score (nSPS) is 10.4. The lowest BCUT2D eigenvalue weighted by atomic mass is 10.3. The van der Waals surface area contributed by atoms with Gasteiger partial charge >= 0.3 is 0 Å². The van der Waals surface area contributed by atoms with Gasteiger partial charge < -0.3 is 15.2 Å². The van der Waals surface area contributed by atoms with Crippen LogP contribution in [0.15, 0.2) is 16.6 Å². The zero-order valence-corrected chi connectivity index (χ0v) is 10.7. The van der Waals surface area contributed by atoms with E-state index in [1.807, 2.05) is 6.92 Å². The van der Waals surface area contributed by atoms with E-state index in [9.17, 15) is 4.39 Å². The number of anilines is 1. The summed E-state index contributed by atoms with van der Waals surface area (Å²) < 4.78 is 24.0. The molecule has 0 aliphatic carbocycles. The number of nitrogens with two attached hydrogens (primary N) is 1. The molecule has 1 rings (SSSR count). The van der Waals surface area contributed by atoms with E-state index in [0.717, 1.165) is 6.42 Å². The lowest BCUT2D eigenvalue weighted by molar-refractivity contribution is 0.101. The maximum absolute atomic E-state index is 13.2. The highest BCUT2D eigenvalue weighted by Gasteiger charge is 2.06. The fourth-order valence-corrected chi connectivity index (χ4v) is 1.49. The Kier molecular flexibility index (Phi) is 5.55. The first kappa shape index (κ1) is 13.3. The van der Waals surface area contributed by atoms with Crippen LogP contribution < -0.4 is 10.5 Å². The van der Waals surface area contributed by atoms with Crippen molar-refractivity contribution in [2.24, 2.45) is 0 Å². The van der Waals surface area contributed by atoms with E-state index < -0.39 is 5.82 Å². The maximum atomic E-state index is 13.2. The topological polar surface area (TPSA) is 44.5 Å². The van der Waals surface area contributed by atoms with Crippen molar-refractivity contribution in [1.82, 2.24) is 0 Å². The molecule has 0 aliphatic heterocycles. The van der Waals surface area contributed by atoms with E-state index in [2.05, 4.69) is 15.9 Å². The Bertz CT molecular complexity index is 347. The monoisotopic (exact) mass is 291 g/mol. The Labute approximate surface area is 103 Å². The summed E-state index contributed by atoms with van der Waals surface area (Å²) in [7, 11) is 0. The number of benzene rings is 1. The molecule has 0 atom stereocenters. The molecule has 0 saturated heterocycles. The minimum absolute atomic E-state index is 0.333. The highest BCUT2D eigenvalue weighted by molar-refractivity contribution is 9.10. The fraction of sp³-hybridized carbons (Fsp3) is 0.455. The molecule has 0 unspecified atom stereocenters. The number of rotatable bonds is 6. The van der Waals surface area contributed by atoms with Crippen molar-refractivity contribution in [2.45, 2.75) is 13.3 Å². The van der Waals surface area contributed by atoms with Crippen molar-refractivity contribution in [1.29, 1.82) is 0 Å². The molecule has 0 bridgehead atoms. The molecule has 2 N–H and O–H groups in total. The second-order valence-corrected chi connectivity index (χ2v) is 4.12. The third-order valence-corrected chi connectivity index (χ3v) is 2.49. The molecule has 0 fully saturated rings. The molecule has 1 aromatic carbocycles. The highest BCUT2D eigenvalue weighted by Crippen LogP contribution is 2.28. The van der Waals surface area contributed by atoms with Crippen molar-refractivity contribution in [3.63, 3.8) is 0 Å². The van der Waals surface area contributed by atoms with E-state index in [1.54, 1.807) is 0 Å². The lowest BCUT2D eigenvalue weighted by Gasteiger charge is -2.09. The Hall–Kier alpha value is -0.810. The van der Waals surface area contributed by atoms with Gasteiger partial charge in [-0.15, -0.1) is 0 Å². The quantitative estimate of drug-likeness (QED) is 0.647. The van der Waals surface area contributed by atoms with E-state index in [-0.39, 0.29) is 0 Å². The molecule has 90 valence electrons. The molecule has 3 nitrogen and oxygen atoms in total. The van der Waals surface area contributed by atoms with Crippen LogP contribution in [-0.4, -0.2) is 19.8 Å². The van der Waals surface area contributed by atoms with Crippen LogP contribution in [0.25, 0.3) is 0 Å². The van der Waals surface area contributed by atoms with Gasteiger partial charge in [0.25, 0.3) is 0 Å². The van der Waals surface area contributed by atoms with Crippen molar-refractivity contribution < 1.29 is 13.9 Å². The predicted molar refractivity (Wildman–Crippen MR) is 65.1 cm³/mol. The third-order valence-electron chi connectivity index (χ3n) is 1.89. The van der Waals surface area contributed by atoms with Crippen molar-refractivity contribution in [3.8, 4) is 5.75 Å². The van der Waals surface area contributed by atoms with Gasteiger partial charge in [0.15, 0.2) is 0 Å². The van der Waals surface area contributed by atoms with Gasteiger partial charge in [0.2, 0.25) is 0 Å². The van der Waals surface area contributed by atoms with Gasteiger partial charge in [-0.1, -0.05) is 6.92 Å². The molecule has 0 radical (unpaired) electrons. The van der Waals surface area contributed by atoms with E-state index in [0.29, 0.717) is 35.7 Å². The summed E-state index contributed by atoms with van der Waals surface area (Å²) in [6, 6.07) is 2.75. The van der Waals surface area contributed by atoms with Crippen LogP contribution in [0.1, 0.15) is 13.3 Å². The molecule has 5 heteroatoms. The Morgan fingerprint density at radius 3 is 2.75 bits per heavy atom. The Morgan fingerprint density at radius 2 is 2.06 bits per heavy atom. The number of ether oxygens (including phenoxy) is 2.